The molecule has 2 aromatic rings. The minimum Gasteiger partial charge on any atom is -0.478 e. The van der Waals surface area contributed by atoms with Crippen molar-refractivity contribution in [2.24, 2.45) is 0 Å². The molecule has 21 heavy (non-hydrogen) atoms. The molecule has 0 saturated heterocycles. The molecule has 8 heteroatoms. The molecule has 0 bridgehead atoms. The number of anilines is 1. The molecular weight excluding hydrogens is 376 g/mol. The van der Waals surface area contributed by atoms with Gasteiger partial charge in [0.15, 0.2) is 5.13 Å². The number of rotatable bonds is 5. The fourth-order valence-corrected chi connectivity index (χ4v) is 3.60. The number of nitrogens with one attached hydrogen (secondary N) is 1. The van der Waals surface area contributed by atoms with Crippen molar-refractivity contribution in [2.45, 2.75) is 17.6 Å². The van der Waals surface area contributed by atoms with Gasteiger partial charge in [0.1, 0.15) is 0 Å². The molecule has 110 valence electrons. The lowest BCUT2D eigenvalue weighted by atomic mass is 10.2. The summed E-state index contributed by atoms with van der Waals surface area (Å²) in [7, 11) is 0. The Balaban J connectivity index is 2.03. The highest BCUT2D eigenvalue weighted by molar-refractivity contribution is 9.10. The smallest absolute Gasteiger partial charge is 0.336 e. The highest BCUT2D eigenvalue weighted by atomic mass is 79.9. The van der Waals surface area contributed by atoms with Crippen molar-refractivity contribution in [1.82, 2.24) is 4.98 Å². The molecule has 0 fully saturated rings. The van der Waals surface area contributed by atoms with Gasteiger partial charge in [-0.3, -0.25) is 4.79 Å². The van der Waals surface area contributed by atoms with E-state index in [2.05, 4.69) is 26.2 Å². The summed E-state index contributed by atoms with van der Waals surface area (Å²) in [6.45, 7) is 1.44. The Morgan fingerprint density at radius 1 is 1.48 bits per heavy atom. The fourth-order valence-electron chi connectivity index (χ4n) is 1.50. The lowest BCUT2D eigenvalue weighted by Gasteiger charge is -2.03. The first-order valence-electron chi connectivity index (χ1n) is 5.83. The average molecular weight is 387 g/mol. The van der Waals surface area contributed by atoms with Gasteiger partial charge in [-0.2, -0.15) is 0 Å². The van der Waals surface area contributed by atoms with Crippen molar-refractivity contribution < 1.29 is 14.7 Å². The Kier molecular flexibility index (Phi) is 5.38. The summed E-state index contributed by atoms with van der Waals surface area (Å²) < 4.78 is 0.556. The molecule has 1 aromatic carbocycles. The zero-order valence-electron chi connectivity index (χ0n) is 10.9. The van der Waals surface area contributed by atoms with Gasteiger partial charge in [-0.05, 0) is 34.1 Å². The van der Waals surface area contributed by atoms with E-state index in [1.54, 1.807) is 12.1 Å². The van der Waals surface area contributed by atoms with Crippen LogP contribution in [0.4, 0.5) is 5.13 Å². The third kappa shape index (κ3) is 4.55. The monoisotopic (exact) mass is 386 g/mol. The summed E-state index contributed by atoms with van der Waals surface area (Å²) in [5, 5.41) is 14.1. The molecule has 0 atom stereocenters. The molecule has 0 aliphatic heterocycles. The summed E-state index contributed by atoms with van der Waals surface area (Å²) in [6.07, 6.45) is 0. The summed E-state index contributed by atoms with van der Waals surface area (Å²) in [6, 6.07) is 5.19. The number of carbonyl (C=O) groups is 2. The quantitative estimate of drug-likeness (QED) is 0.762. The second-order valence-electron chi connectivity index (χ2n) is 4.06. The van der Waals surface area contributed by atoms with Gasteiger partial charge in [0.25, 0.3) is 0 Å². The molecule has 1 heterocycles. The van der Waals surface area contributed by atoms with Crippen molar-refractivity contribution in [3.63, 3.8) is 0 Å². The maximum Gasteiger partial charge on any atom is 0.336 e. The summed E-state index contributed by atoms with van der Waals surface area (Å²) in [4.78, 5) is 27.1. The molecule has 5 nitrogen and oxygen atoms in total. The van der Waals surface area contributed by atoms with Gasteiger partial charge in [0, 0.05) is 27.4 Å². The summed E-state index contributed by atoms with van der Waals surface area (Å²) in [5.41, 5.74) is 1.07. The van der Waals surface area contributed by atoms with Gasteiger partial charge in [0.2, 0.25) is 5.91 Å². The summed E-state index contributed by atoms with van der Waals surface area (Å²) in [5.74, 6) is -0.509. The predicted octanol–water partition coefficient (Wildman–Crippen LogP) is 3.85. The van der Waals surface area contributed by atoms with E-state index in [4.69, 9.17) is 5.11 Å². The number of carbonyl (C=O) groups excluding carboxylic acids is 1. The van der Waals surface area contributed by atoms with E-state index in [9.17, 15) is 9.59 Å². The van der Waals surface area contributed by atoms with E-state index in [1.165, 1.54) is 30.0 Å². The number of carboxylic acids is 1. The minimum absolute atomic E-state index is 0.150. The fraction of sp³-hybridized carbons (Fsp3) is 0.154. The van der Waals surface area contributed by atoms with Gasteiger partial charge < -0.3 is 10.4 Å². The molecule has 0 spiro atoms. The van der Waals surface area contributed by atoms with Crippen molar-refractivity contribution in [1.29, 1.82) is 0 Å². The number of amides is 1. The number of thioether (sulfide) groups is 1. The standard InChI is InChI=1S/C13H11BrN2O3S2/c1-7(17)15-13-16-8(6-21-13)5-20-9-2-3-11(14)10(4-9)12(18)19/h2-4,6H,5H2,1H3,(H,18,19)(H,15,16,17). The lowest BCUT2D eigenvalue weighted by molar-refractivity contribution is -0.114. The van der Waals surface area contributed by atoms with Crippen LogP contribution in [0.1, 0.15) is 23.0 Å². The van der Waals surface area contributed by atoms with Crippen LogP contribution in [-0.4, -0.2) is 22.0 Å². The molecule has 2 rings (SSSR count). The van der Waals surface area contributed by atoms with Crippen LogP contribution in [0.15, 0.2) is 32.9 Å². The first-order chi connectivity index (χ1) is 9.95. The average Bonchev–Trinajstić information content (AvgIpc) is 2.84. The molecule has 0 aliphatic carbocycles. The Hall–Kier alpha value is -1.38. The molecule has 1 aromatic heterocycles. The van der Waals surface area contributed by atoms with Crippen molar-refractivity contribution in [2.75, 3.05) is 5.32 Å². The van der Waals surface area contributed by atoms with Crippen molar-refractivity contribution in [3.05, 3.63) is 39.3 Å². The van der Waals surface area contributed by atoms with Crippen LogP contribution in [0.3, 0.4) is 0 Å². The van der Waals surface area contributed by atoms with Crippen molar-refractivity contribution in [3.8, 4) is 0 Å². The Morgan fingerprint density at radius 3 is 2.90 bits per heavy atom. The number of thiazole rings is 1. The van der Waals surface area contributed by atoms with Crippen LogP contribution in [0.2, 0.25) is 0 Å². The van der Waals surface area contributed by atoms with Gasteiger partial charge >= 0.3 is 5.97 Å². The zero-order chi connectivity index (χ0) is 15.4. The molecule has 0 unspecified atom stereocenters. The Labute approximate surface area is 137 Å². The number of halogens is 1. The second-order valence-corrected chi connectivity index (χ2v) is 6.82. The Morgan fingerprint density at radius 2 is 2.24 bits per heavy atom. The van der Waals surface area contributed by atoms with Gasteiger partial charge in [-0.25, -0.2) is 9.78 Å². The van der Waals surface area contributed by atoms with Crippen LogP contribution in [0, 0.1) is 0 Å². The van der Waals surface area contributed by atoms with E-state index in [0.29, 0.717) is 15.4 Å². The Bertz CT molecular complexity index is 688. The first-order valence-corrected chi connectivity index (χ1v) is 8.49. The zero-order valence-corrected chi connectivity index (χ0v) is 14.1. The maximum atomic E-state index is 11.1. The summed E-state index contributed by atoms with van der Waals surface area (Å²) >= 11 is 6.07. The van der Waals surface area contributed by atoms with Crippen molar-refractivity contribution >= 4 is 56.0 Å². The highest BCUT2D eigenvalue weighted by Gasteiger charge is 2.10. The van der Waals surface area contributed by atoms with Gasteiger partial charge in [-0.1, -0.05) is 0 Å². The molecule has 1 amide bonds. The van der Waals surface area contributed by atoms with Gasteiger partial charge in [-0.15, -0.1) is 23.1 Å². The van der Waals surface area contributed by atoms with E-state index in [1.807, 2.05) is 11.4 Å². The molecule has 0 saturated carbocycles. The largest absolute Gasteiger partial charge is 0.478 e. The topological polar surface area (TPSA) is 79.3 Å². The number of carboxylic acid groups (broad SMARTS) is 1. The van der Waals surface area contributed by atoms with Crippen LogP contribution < -0.4 is 5.32 Å². The minimum atomic E-state index is -0.967. The van der Waals surface area contributed by atoms with Crippen LogP contribution in [0.5, 0.6) is 0 Å². The number of hydrogen-bond acceptors (Lipinski definition) is 5. The number of aromatic nitrogens is 1. The van der Waals surface area contributed by atoms with Crippen LogP contribution in [-0.2, 0) is 10.5 Å². The second kappa shape index (κ2) is 7.06. The lowest BCUT2D eigenvalue weighted by Crippen LogP contribution is -2.05. The van der Waals surface area contributed by atoms with E-state index in [0.717, 1.165) is 10.6 Å². The predicted molar refractivity (Wildman–Crippen MR) is 87.1 cm³/mol. The third-order valence-electron chi connectivity index (χ3n) is 2.39. The first kappa shape index (κ1) is 16.0. The SMILES string of the molecule is CC(=O)Nc1nc(CSc2ccc(Br)c(C(=O)O)c2)cs1. The number of hydrogen-bond donors (Lipinski definition) is 2. The molecule has 0 aliphatic rings. The maximum absolute atomic E-state index is 11.1. The third-order valence-corrected chi connectivity index (χ3v) is 4.92. The number of benzene rings is 1. The molecular formula is C13H11BrN2O3S2. The molecule has 2 N–H and O–H groups in total. The van der Waals surface area contributed by atoms with Crippen LogP contribution in [0.25, 0.3) is 0 Å². The number of nitrogens with zero attached hydrogens (tertiary/aromatic N) is 1. The number of aromatic carboxylic acids is 1. The normalized spacial score (nSPS) is 10.4. The molecule has 0 radical (unpaired) electrons. The van der Waals surface area contributed by atoms with Gasteiger partial charge in [0.05, 0.1) is 11.3 Å². The van der Waals surface area contributed by atoms with Crippen LogP contribution >= 0.6 is 39.0 Å². The van der Waals surface area contributed by atoms with E-state index in [-0.39, 0.29) is 11.5 Å². The highest BCUT2D eigenvalue weighted by Crippen LogP contribution is 2.28. The van der Waals surface area contributed by atoms with E-state index >= 15 is 0 Å². The van der Waals surface area contributed by atoms with E-state index < -0.39 is 5.97 Å².